The average molecular weight is 279 g/mol. The van der Waals surface area contributed by atoms with E-state index in [1.54, 1.807) is 12.1 Å². The first-order chi connectivity index (χ1) is 9.43. The smallest absolute Gasteiger partial charge is 0.292 e. The summed E-state index contributed by atoms with van der Waals surface area (Å²) in [5.74, 6) is 0.315. The Morgan fingerprint density at radius 1 is 1.40 bits per heavy atom. The lowest BCUT2D eigenvalue weighted by molar-refractivity contribution is -0.383. The fraction of sp³-hybridized carbons (Fsp3) is 0.500. The number of nitro groups is 1. The number of nitrogens with zero attached hydrogens (tertiary/aromatic N) is 1. The predicted molar refractivity (Wildman–Crippen MR) is 78.3 cm³/mol. The van der Waals surface area contributed by atoms with Gasteiger partial charge in [0.25, 0.3) is 5.69 Å². The Hall–Kier alpha value is -1.95. The summed E-state index contributed by atoms with van der Waals surface area (Å²) < 4.78 is 0. The fourth-order valence-corrected chi connectivity index (χ4v) is 2.13. The first-order valence-electron chi connectivity index (χ1n) is 6.67. The summed E-state index contributed by atoms with van der Waals surface area (Å²) in [7, 11) is 0. The highest BCUT2D eigenvalue weighted by atomic mass is 16.6. The van der Waals surface area contributed by atoms with E-state index in [1.165, 1.54) is 12.1 Å². The zero-order valence-corrected chi connectivity index (χ0v) is 11.8. The van der Waals surface area contributed by atoms with Crippen molar-refractivity contribution in [2.45, 2.75) is 26.7 Å². The van der Waals surface area contributed by atoms with Gasteiger partial charge in [-0.05, 0) is 30.9 Å². The summed E-state index contributed by atoms with van der Waals surface area (Å²) in [5, 5.41) is 13.5. The molecule has 3 N–H and O–H groups in total. The van der Waals surface area contributed by atoms with Gasteiger partial charge in [-0.2, -0.15) is 0 Å². The number of rotatable bonds is 7. The number of amides is 1. The maximum Gasteiger partial charge on any atom is 0.292 e. The van der Waals surface area contributed by atoms with E-state index >= 15 is 0 Å². The molecule has 1 rings (SSSR count). The molecule has 0 saturated carbocycles. The molecule has 1 aromatic rings. The van der Waals surface area contributed by atoms with Crippen LogP contribution < -0.4 is 11.1 Å². The molecule has 6 heteroatoms. The summed E-state index contributed by atoms with van der Waals surface area (Å²) in [5.41, 5.74) is 5.77. The van der Waals surface area contributed by atoms with Gasteiger partial charge < -0.3 is 11.1 Å². The number of carbonyl (C=O) groups excluding carboxylic acids is 1. The fourth-order valence-electron chi connectivity index (χ4n) is 2.13. The second kappa shape index (κ2) is 7.59. The normalized spacial score (nSPS) is 12.2. The van der Waals surface area contributed by atoms with Crippen molar-refractivity contribution in [2.75, 3.05) is 11.9 Å². The van der Waals surface area contributed by atoms with E-state index in [1.807, 2.05) is 0 Å². The van der Waals surface area contributed by atoms with Crippen molar-refractivity contribution in [1.29, 1.82) is 0 Å². The topological polar surface area (TPSA) is 98.3 Å². The zero-order chi connectivity index (χ0) is 15.1. The van der Waals surface area contributed by atoms with Gasteiger partial charge in [-0.15, -0.1) is 0 Å². The van der Waals surface area contributed by atoms with Crippen LogP contribution in [-0.2, 0) is 4.79 Å². The molecule has 1 unspecified atom stereocenters. The monoisotopic (exact) mass is 279 g/mol. The molecule has 0 spiro atoms. The van der Waals surface area contributed by atoms with Gasteiger partial charge >= 0.3 is 0 Å². The lowest BCUT2D eigenvalue weighted by Crippen LogP contribution is -2.23. The van der Waals surface area contributed by atoms with E-state index in [4.69, 9.17) is 5.73 Å². The van der Waals surface area contributed by atoms with Crippen LogP contribution in [0, 0.1) is 22.0 Å². The summed E-state index contributed by atoms with van der Waals surface area (Å²) in [4.78, 5) is 22.3. The Labute approximate surface area is 118 Å². The van der Waals surface area contributed by atoms with E-state index in [-0.39, 0.29) is 29.6 Å². The van der Waals surface area contributed by atoms with Crippen LogP contribution in [0.1, 0.15) is 26.7 Å². The Morgan fingerprint density at radius 3 is 2.60 bits per heavy atom. The highest BCUT2D eigenvalue weighted by molar-refractivity contribution is 5.93. The molecule has 0 radical (unpaired) electrons. The molecule has 0 heterocycles. The predicted octanol–water partition coefficient (Wildman–Crippen LogP) is 2.54. The van der Waals surface area contributed by atoms with Gasteiger partial charge in [-0.25, -0.2) is 0 Å². The molecule has 0 aliphatic heterocycles. The van der Waals surface area contributed by atoms with Gasteiger partial charge in [0.1, 0.15) is 5.69 Å². The molecule has 0 aliphatic rings. The third-order valence-corrected chi connectivity index (χ3v) is 2.99. The molecule has 0 aliphatic carbocycles. The number of nitro benzene ring substituents is 1. The highest BCUT2D eigenvalue weighted by Gasteiger charge is 2.18. The van der Waals surface area contributed by atoms with Gasteiger partial charge in [-0.3, -0.25) is 14.9 Å². The van der Waals surface area contributed by atoms with E-state index < -0.39 is 4.92 Å². The third-order valence-electron chi connectivity index (χ3n) is 2.99. The minimum atomic E-state index is -0.510. The Bertz CT molecular complexity index is 474. The first kappa shape index (κ1) is 16.1. The van der Waals surface area contributed by atoms with E-state index in [9.17, 15) is 14.9 Å². The van der Waals surface area contributed by atoms with Crippen molar-refractivity contribution in [3.8, 4) is 0 Å². The van der Waals surface area contributed by atoms with E-state index in [0.29, 0.717) is 12.5 Å². The van der Waals surface area contributed by atoms with Gasteiger partial charge in [-0.1, -0.05) is 26.0 Å². The van der Waals surface area contributed by atoms with Crippen LogP contribution in [0.5, 0.6) is 0 Å². The number of nitrogens with one attached hydrogen (secondary N) is 1. The second-order valence-electron chi connectivity index (χ2n) is 5.26. The first-order valence-corrected chi connectivity index (χ1v) is 6.67. The summed E-state index contributed by atoms with van der Waals surface area (Å²) in [6.07, 6.45) is 1.14. The van der Waals surface area contributed by atoms with Crippen molar-refractivity contribution in [1.82, 2.24) is 0 Å². The Kier molecular flexibility index (Phi) is 6.11. The number of hydrogen-bond acceptors (Lipinski definition) is 4. The second-order valence-corrected chi connectivity index (χ2v) is 5.26. The molecule has 1 amide bonds. The maximum atomic E-state index is 11.9. The molecule has 0 fully saturated rings. The number of nitrogens with two attached hydrogens (primary N) is 1. The largest absolute Gasteiger partial charge is 0.330 e. The number of anilines is 1. The average Bonchev–Trinajstić information content (AvgIpc) is 2.37. The number of benzene rings is 1. The van der Waals surface area contributed by atoms with Gasteiger partial charge in [0.05, 0.1) is 4.92 Å². The van der Waals surface area contributed by atoms with Crippen LogP contribution in [0.15, 0.2) is 24.3 Å². The molecule has 110 valence electrons. The van der Waals surface area contributed by atoms with Crippen molar-refractivity contribution >= 4 is 17.3 Å². The zero-order valence-electron chi connectivity index (χ0n) is 11.8. The lowest BCUT2D eigenvalue weighted by atomic mass is 9.94. The minimum Gasteiger partial charge on any atom is -0.330 e. The van der Waals surface area contributed by atoms with E-state index in [0.717, 1.165) is 6.42 Å². The summed E-state index contributed by atoms with van der Waals surface area (Å²) in [6.45, 7) is 4.58. The molecule has 0 bridgehead atoms. The standard InChI is InChI=1S/C14H21N3O3/c1-10(2)7-11(9-15)8-14(18)16-12-5-3-4-6-13(12)17(19)20/h3-6,10-11H,7-9,15H2,1-2H3,(H,16,18). The lowest BCUT2D eigenvalue weighted by Gasteiger charge is -2.16. The molecular formula is C14H21N3O3. The highest BCUT2D eigenvalue weighted by Crippen LogP contribution is 2.24. The summed E-state index contributed by atoms with van der Waals surface area (Å²) >= 11 is 0. The number of carbonyl (C=O) groups is 1. The SMILES string of the molecule is CC(C)CC(CN)CC(=O)Nc1ccccc1[N+](=O)[O-]. The maximum absolute atomic E-state index is 11.9. The van der Waals surface area contributed by atoms with Gasteiger partial charge in [0, 0.05) is 12.5 Å². The van der Waals surface area contributed by atoms with Gasteiger partial charge in [0.15, 0.2) is 0 Å². The van der Waals surface area contributed by atoms with Crippen LogP contribution in [0.4, 0.5) is 11.4 Å². The Morgan fingerprint density at radius 2 is 2.05 bits per heavy atom. The molecular weight excluding hydrogens is 258 g/mol. The van der Waals surface area contributed by atoms with Crippen LogP contribution in [0.3, 0.4) is 0 Å². The minimum absolute atomic E-state index is 0.0952. The Balaban J connectivity index is 2.69. The van der Waals surface area contributed by atoms with Crippen LogP contribution in [0.2, 0.25) is 0 Å². The van der Waals surface area contributed by atoms with Crippen LogP contribution in [0.25, 0.3) is 0 Å². The van der Waals surface area contributed by atoms with Gasteiger partial charge in [0.2, 0.25) is 5.91 Å². The molecule has 1 aromatic carbocycles. The molecule has 1 atom stereocenters. The molecule has 0 aromatic heterocycles. The third kappa shape index (κ3) is 4.97. The number of para-hydroxylation sites is 2. The van der Waals surface area contributed by atoms with Crippen LogP contribution >= 0.6 is 0 Å². The summed E-state index contributed by atoms with van der Waals surface area (Å²) in [6, 6.07) is 6.10. The van der Waals surface area contributed by atoms with Crippen LogP contribution in [-0.4, -0.2) is 17.4 Å². The molecule has 20 heavy (non-hydrogen) atoms. The molecule has 6 nitrogen and oxygen atoms in total. The van der Waals surface area contributed by atoms with Crippen molar-refractivity contribution in [3.63, 3.8) is 0 Å². The van der Waals surface area contributed by atoms with E-state index in [2.05, 4.69) is 19.2 Å². The van der Waals surface area contributed by atoms with Crippen molar-refractivity contribution < 1.29 is 9.72 Å². The van der Waals surface area contributed by atoms with Crippen molar-refractivity contribution in [3.05, 3.63) is 34.4 Å². The van der Waals surface area contributed by atoms with Crippen molar-refractivity contribution in [2.24, 2.45) is 17.6 Å². The number of hydrogen-bond donors (Lipinski definition) is 2. The quantitative estimate of drug-likeness (QED) is 0.592. The molecule has 0 saturated heterocycles.